The highest BCUT2D eigenvalue weighted by Crippen LogP contribution is 2.67. The molecular weight excluding hydrogens is 448 g/mol. The highest BCUT2D eigenvalue weighted by Gasteiger charge is 2.75. The van der Waals surface area contributed by atoms with E-state index in [1.807, 2.05) is 13.8 Å². The van der Waals surface area contributed by atoms with E-state index in [-0.39, 0.29) is 41.1 Å². The van der Waals surface area contributed by atoms with Crippen LogP contribution < -0.4 is 0 Å². The summed E-state index contributed by atoms with van der Waals surface area (Å²) in [4.78, 5) is 42.2. The van der Waals surface area contributed by atoms with E-state index in [0.717, 1.165) is 0 Å². The summed E-state index contributed by atoms with van der Waals surface area (Å²) in [5.41, 5.74) is 0. The fourth-order valence-electron chi connectivity index (χ4n) is 5.02. The molecule has 2 N–H and O–H groups in total. The number of thioether (sulfide) groups is 1. The summed E-state index contributed by atoms with van der Waals surface area (Å²) in [5, 5.41) is 18.9. The largest absolute Gasteiger partial charge is 0.481 e. The molecule has 2 bridgehead atoms. The number of carboxylic acids is 1. The molecule has 0 aliphatic carbocycles. The number of hydrogen-bond acceptors (Lipinski definition) is 5. The van der Waals surface area contributed by atoms with Crippen LogP contribution in [0.4, 0.5) is 0 Å². The molecule has 3 fully saturated rings. The van der Waals surface area contributed by atoms with Crippen molar-refractivity contribution in [2.24, 2.45) is 11.8 Å². The maximum Gasteiger partial charge on any atom is 0.308 e. The number of likely N-dealkylation sites (tertiary alicyclic amines) is 1. The van der Waals surface area contributed by atoms with Crippen LogP contribution in [0.1, 0.15) is 26.7 Å². The van der Waals surface area contributed by atoms with E-state index in [9.17, 15) is 24.6 Å². The minimum Gasteiger partial charge on any atom is -0.481 e. The Hall–Kier alpha value is -1.06. The quantitative estimate of drug-likeness (QED) is 0.406. The number of carbonyl (C=O) groups is 3. The van der Waals surface area contributed by atoms with Gasteiger partial charge in [0.2, 0.25) is 11.8 Å². The first kappa shape index (κ1) is 21.6. The van der Waals surface area contributed by atoms with Crippen LogP contribution in [0.3, 0.4) is 0 Å². The predicted octanol–water partition coefficient (Wildman–Crippen LogP) is 1.34. The molecule has 156 valence electrons. The van der Waals surface area contributed by atoms with Crippen molar-refractivity contribution in [3.63, 3.8) is 0 Å². The van der Waals surface area contributed by atoms with E-state index in [2.05, 4.69) is 22.5 Å². The molecule has 1 spiro atoms. The molecule has 3 unspecified atom stereocenters. The summed E-state index contributed by atoms with van der Waals surface area (Å²) in [6.07, 6.45) is 2.59. The van der Waals surface area contributed by atoms with Crippen LogP contribution in [-0.4, -0.2) is 84.4 Å². The van der Waals surface area contributed by atoms with Crippen molar-refractivity contribution in [2.75, 3.05) is 19.7 Å². The average Bonchev–Trinajstić information content (AvgIpc) is 3.20. The van der Waals surface area contributed by atoms with Crippen LogP contribution >= 0.6 is 27.7 Å². The molecule has 3 saturated heterocycles. The predicted molar refractivity (Wildman–Crippen MR) is 110 cm³/mol. The summed E-state index contributed by atoms with van der Waals surface area (Å²) in [7, 11) is 0. The number of nitrogens with zero attached hydrogens (tertiary/aromatic N) is 2. The van der Waals surface area contributed by atoms with Crippen LogP contribution in [0.25, 0.3) is 0 Å². The number of alkyl halides is 1. The zero-order chi connectivity index (χ0) is 20.8. The zero-order valence-corrected chi connectivity index (χ0v) is 18.5. The summed E-state index contributed by atoms with van der Waals surface area (Å²) in [6.45, 7) is 8.08. The molecule has 28 heavy (non-hydrogen) atoms. The van der Waals surface area contributed by atoms with Crippen LogP contribution in [-0.2, 0) is 14.4 Å². The lowest BCUT2D eigenvalue weighted by atomic mass is 9.71. The Morgan fingerprint density at radius 3 is 2.71 bits per heavy atom. The number of fused-ring (bicyclic) bond motifs is 1. The first-order chi connectivity index (χ1) is 13.2. The molecule has 6 atom stereocenters. The number of aliphatic carboxylic acids is 1. The van der Waals surface area contributed by atoms with Crippen molar-refractivity contribution in [3.05, 3.63) is 12.7 Å². The Kier molecular flexibility index (Phi) is 6.18. The molecule has 0 aromatic rings. The number of aliphatic hydroxyl groups excluding tert-OH is 1. The second kappa shape index (κ2) is 7.99. The van der Waals surface area contributed by atoms with Gasteiger partial charge < -0.3 is 20.0 Å². The maximum atomic E-state index is 13.7. The Balaban J connectivity index is 2.06. The molecule has 3 heterocycles. The lowest BCUT2D eigenvalue weighted by Crippen LogP contribution is -2.56. The molecule has 7 nitrogen and oxygen atoms in total. The lowest BCUT2D eigenvalue weighted by molar-refractivity contribution is -0.148. The smallest absolute Gasteiger partial charge is 0.308 e. The molecule has 0 radical (unpaired) electrons. The molecule has 2 amide bonds. The minimum atomic E-state index is -0.983. The third-order valence-electron chi connectivity index (χ3n) is 6.10. The summed E-state index contributed by atoms with van der Waals surface area (Å²) in [6, 6.07) is -0.798. The van der Waals surface area contributed by atoms with Gasteiger partial charge in [-0.05, 0) is 26.7 Å². The Morgan fingerprint density at radius 2 is 2.18 bits per heavy atom. The Labute approximate surface area is 177 Å². The van der Waals surface area contributed by atoms with Crippen molar-refractivity contribution < 1.29 is 24.6 Å². The van der Waals surface area contributed by atoms with Gasteiger partial charge in [0.25, 0.3) is 0 Å². The van der Waals surface area contributed by atoms with Gasteiger partial charge in [-0.2, -0.15) is 0 Å². The van der Waals surface area contributed by atoms with Crippen LogP contribution in [0.5, 0.6) is 0 Å². The summed E-state index contributed by atoms with van der Waals surface area (Å²) < 4.78 is -0.750. The Bertz CT molecular complexity index is 689. The number of carbonyl (C=O) groups excluding carboxylic acids is 2. The van der Waals surface area contributed by atoms with E-state index in [0.29, 0.717) is 19.4 Å². The number of rotatable bonds is 8. The van der Waals surface area contributed by atoms with Gasteiger partial charge in [0.1, 0.15) is 6.04 Å². The van der Waals surface area contributed by atoms with Gasteiger partial charge in [0.15, 0.2) is 0 Å². The highest BCUT2D eigenvalue weighted by molar-refractivity contribution is 9.09. The zero-order valence-electron chi connectivity index (χ0n) is 16.1. The topological polar surface area (TPSA) is 98.2 Å². The number of aliphatic hydroxyl groups is 1. The van der Waals surface area contributed by atoms with Crippen molar-refractivity contribution in [1.29, 1.82) is 0 Å². The molecule has 0 aromatic heterocycles. The van der Waals surface area contributed by atoms with Crippen LogP contribution in [0.2, 0.25) is 0 Å². The molecule has 3 rings (SSSR count). The van der Waals surface area contributed by atoms with Gasteiger partial charge in [-0.1, -0.05) is 22.0 Å². The van der Waals surface area contributed by atoms with Gasteiger partial charge in [0.05, 0.1) is 16.6 Å². The van der Waals surface area contributed by atoms with Gasteiger partial charge >= 0.3 is 5.97 Å². The third kappa shape index (κ3) is 3.10. The average molecular weight is 475 g/mol. The molecule has 0 saturated carbocycles. The van der Waals surface area contributed by atoms with E-state index in [1.54, 1.807) is 11.0 Å². The van der Waals surface area contributed by atoms with Crippen molar-refractivity contribution in [1.82, 2.24) is 9.80 Å². The van der Waals surface area contributed by atoms with E-state index in [4.69, 9.17) is 0 Å². The van der Waals surface area contributed by atoms with Crippen molar-refractivity contribution >= 4 is 45.5 Å². The van der Waals surface area contributed by atoms with E-state index >= 15 is 0 Å². The molecule has 9 heteroatoms. The van der Waals surface area contributed by atoms with Gasteiger partial charge in [-0.15, -0.1) is 18.3 Å². The first-order valence-corrected chi connectivity index (χ1v) is 11.4. The summed E-state index contributed by atoms with van der Waals surface area (Å²) >= 11 is 5.10. The standard InChI is InChI=1S/C19H27BrN2O5S/c1-4-6-21(10(2)3)17(25)15-19-9-11(20)14(28-19)12(18(26)27)13(19)16(24)22(15)7-5-8-23/h4,10-15,23H,1,5-9H2,2-3H3,(H,26,27)/t11?,12-,13+,14-,15?,19?/m1/s1. The van der Waals surface area contributed by atoms with E-state index in [1.165, 1.54) is 16.7 Å². The summed E-state index contributed by atoms with van der Waals surface area (Å²) in [5.74, 6) is -2.93. The fraction of sp³-hybridized carbons (Fsp3) is 0.737. The van der Waals surface area contributed by atoms with Gasteiger partial charge in [-0.25, -0.2) is 0 Å². The Morgan fingerprint density at radius 1 is 1.50 bits per heavy atom. The third-order valence-corrected chi connectivity index (χ3v) is 9.32. The SMILES string of the molecule is C=CCN(C(=O)C1N(CCCO)C(=O)[C@@H]2[C@@H](C(=O)O)[C@@H]3SC12CC3Br)C(C)C. The molecular formula is C19H27BrN2O5S. The first-order valence-electron chi connectivity index (χ1n) is 9.58. The number of hydrogen-bond donors (Lipinski definition) is 2. The van der Waals surface area contributed by atoms with Crippen molar-refractivity contribution in [2.45, 2.75) is 53.6 Å². The normalized spacial score (nSPS) is 36.1. The van der Waals surface area contributed by atoms with Crippen molar-refractivity contribution in [3.8, 4) is 0 Å². The number of carboxylic acid groups (broad SMARTS) is 1. The molecule has 3 aliphatic rings. The van der Waals surface area contributed by atoms with E-state index < -0.39 is 28.6 Å². The fourth-order valence-corrected chi connectivity index (χ4v) is 8.62. The van der Waals surface area contributed by atoms with Gasteiger partial charge in [-0.3, -0.25) is 14.4 Å². The van der Waals surface area contributed by atoms with Crippen LogP contribution in [0, 0.1) is 11.8 Å². The van der Waals surface area contributed by atoms with Gasteiger partial charge in [0, 0.05) is 35.8 Å². The minimum absolute atomic E-state index is 0.0531. The monoisotopic (exact) mass is 474 g/mol. The molecule has 3 aliphatic heterocycles. The number of halogens is 1. The lowest BCUT2D eigenvalue weighted by Gasteiger charge is -2.38. The second-order valence-corrected chi connectivity index (χ2v) is 10.7. The number of amides is 2. The maximum absolute atomic E-state index is 13.7. The second-order valence-electron chi connectivity index (χ2n) is 7.98. The highest BCUT2D eigenvalue weighted by atomic mass is 79.9. The van der Waals surface area contributed by atoms with Crippen LogP contribution in [0.15, 0.2) is 12.7 Å². The molecule has 0 aromatic carbocycles.